The molecule has 2 aromatic carbocycles. The number of anilines is 1. The van der Waals surface area contributed by atoms with E-state index in [0.717, 1.165) is 5.69 Å². The molecule has 0 atom stereocenters. The second kappa shape index (κ2) is 7.57. The van der Waals surface area contributed by atoms with Gasteiger partial charge in [0.15, 0.2) is 0 Å². The molecule has 1 amide bonds. The second-order valence-corrected chi connectivity index (χ2v) is 7.07. The fraction of sp³-hybridized carbons (Fsp3) is 0.200. The Hall–Kier alpha value is -2.53. The fourth-order valence-corrected chi connectivity index (χ4v) is 3.24. The van der Waals surface area contributed by atoms with E-state index in [1.165, 1.54) is 23.0 Å². The summed E-state index contributed by atoms with van der Waals surface area (Å²) in [5, 5.41) is 5.26. The summed E-state index contributed by atoms with van der Waals surface area (Å²) in [4.78, 5) is 16.7. The maximum atomic E-state index is 13.7. The zero-order valence-electron chi connectivity index (χ0n) is 14.1. The van der Waals surface area contributed by atoms with E-state index in [0.29, 0.717) is 28.6 Å². The molecule has 0 aliphatic carbocycles. The summed E-state index contributed by atoms with van der Waals surface area (Å²) in [7, 11) is 0. The zero-order valence-corrected chi connectivity index (χ0v) is 14.9. The van der Waals surface area contributed by atoms with Crippen molar-refractivity contribution in [2.45, 2.75) is 26.2 Å². The third kappa shape index (κ3) is 4.31. The topological polar surface area (TPSA) is 42.0 Å². The lowest BCUT2D eigenvalue weighted by Crippen LogP contribution is -2.12. The molecule has 128 valence electrons. The molecule has 1 heterocycles. The van der Waals surface area contributed by atoms with Crippen LogP contribution >= 0.6 is 11.3 Å². The Balaban J connectivity index is 1.67. The standard InChI is InChI=1S/C20H19FN2OS/c1-13(2)14-7-9-16(10-8-14)22-20(24)18-12-25-19(23-18)11-15-5-3-4-6-17(15)21/h3-10,12-13H,11H2,1-2H3,(H,22,24). The normalized spacial score (nSPS) is 10.9. The van der Waals surface area contributed by atoms with Crippen LogP contribution in [0.4, 0.5) is 10.1 Å². The zero-order chi connectivity index (χ0) is 17.8. The van der Waals surface area contributed by atoms with Crippen molar-refractivity contribution < 1.29 is 9.18 Å². The quantitative estimate of drug-likeness (QED) is 0.680. The fourth-order valence-electron chi connectivity index (χ4n) is 2.45. The van der Waals surface area contributed by atoms with Crippen LogP contribution in [0, 0.1) is 5.82 Å². The van der Waals surface area contributed by atoms with Gasteiger partial charge in [0, 0.05) is 17.5 Å². The first-order valence-electron chi connectivity index (χ1n) is 8.12. The van der Waals surface area contributed by atoms with Crippen molar-refractivity contribution in [1.82, 2.24) is 4.98 Å². The summed E-state index contributed by atoms with van der Waals surface area (Å²) in [5.74, 6) is -0.0634. The van der Waals surface area contributed by atoms with Gasteiger partial charge in [-0.25, -0.2) is 9.37 Å². The van der Waals surface area contributed by atoms with Gasteiger partial charge in [-0.15, -0.1) is 11.3 Å². The van der Waals surface area contributed by atoms with Gasteiger partial charge in [-0.3, -0.25) is 4.79 Å². The Morgan fingerprint density at radius 1 is 1.16 bits per heavy atom. The van der Waals surface area contributed by atoms with Gasteiger partial charge in [0.1, 0.15) is 11.5 Å². The Morgan fingerprint density at radius 2 is 1.88 bits per heavy atom. The first kappa shape index (κ1) is 17.3. The lowest BCUT2D eigenvalue weighted by Gasteiger charge is -2.07. The predicted octanol–water partition coefficient (Wildman–Crippen LogP) is 5.25. The number of nitrogens with one attached hydrogen (secondary N) is 1. The number of thiazole rings is 1. The van der Waals surface area contributed by atoms with Gasteiger partial charge >= 0.3 is 0 Å². The number of nitrogens with zero attached hydrogens (tertiary/aromatic N) is 1. The Bertz CT molecular complexity index is 871. The monoisotopic (exact) mass is 354 g/mol. The molecule has 3 nitrogen and oxygen atoms in total. The van der Waals surface area contributed by atoms with Crippen LogP contribution in [0.25, 0.3) is 0 Å². The average Bonchev–Trinajstić information content (AvgIpc) is 3.06. The van der Waals surface area contributed by atoms with E-state index in [4.69, 9.17) is 0 Å². The number of hydrogen-bond donors (Lipinski definition) is 1. The molecule has 1 aromatic heterocycles. The van der Waals surface area contributed by atoms with Gasteiger partial charge in [0.2, 0.25) is 0 Å². The highest BCUT2D eigenvalue weighted by atomic mass is 32.1. The van der Waals surface area contributed by atoms with Crippen LogP contribution in [0.1, 0.15) is 46.4 Å². The van der Waals surface area contributed by atoms with E-state index < -0.39 is 0 Å². The van der Waals surface area contributed by atoms with Gasteiger partial charge in [0.05, 0.1) is 5.01 Å². The van der Waals surface area contributed by atoms with Crippen molar-refractivity contribution in [2.24, 2.45) is 0 Å². The average molecular weight is 354 g/mol. The van der Waals surface area contributed by atoms with E-state index in [1.54, 1.807) is 23.6 Å². The third-order valence-corrected chi connectivity index (χ3v) is 4.77. The largest absolute Gasteiger partial charge is 0.321 e. The van der Waals surface area contributed by atoms with E-state index in [1.807, 2.05) is 24.3 Å². The van der Waals surface area contributed by atoms with E-state index >= 15 is 0 Å². The van der Waals surface area contributed by atoms with E-state index in [9.17, 15) is 9.18 Å². The molecule has 1 N–H and O–H groups in total. The molecule has 0 bridgehead atoms. The van der Waals surface area contributed by atoms with Crippen molar-refractivity contribution in [2.75, 3.05) is 5.32 Å². The summed E-state index contributed by atoms with van der Waals surface area (Å²) >= 11 is 1.36. The maximum absolute atomic E-state index is 13.7. The first-order valence-corrected chi connectivity index (χ1v) is 9.00. The number of hydrogen-bond acceptors (Lipinski definition) is 3. The highest BCUT2D eigenvalue weighted by molar-refractivity contribution is 7.09. The van der Waals surface area contributed by atoms with Crippen molar-refractivity contribution in [3.05, 3.63) is 81.6 Å². The number of carbonyl (C=O) groups is 1. The van der Waals surface area contributed by atoms with Crippen LogP contribution in [0.2, 0.25) is 0 Å². The molecule has 0 saturated heterocycles. The van der Waals surface area contributed by atoms with Gasteiger partial charge in [-0.1, -0.05) is 44.2 Å². The first-order chi connectivity index (χ1) is 12.0. The van der Waals surface area contributed by atoms with Crippen LogP contribution in [0.3, 0.4) is 0 Å². The summed E-state index contributed by atoms with van der Waals surface area (Å²) in [6.45, 7) is 4.25. The van der Waals surface area contributed by atoms with Gasteiger partial charge in [-0.2, -0.15) is 0 Å². The predicted molar refractivity (Wildman–Crippen MR) is 99.8 cm³/mol. The van der Waals surface area contributed by atoms with Crippen molar-refractivity contribution >= 4 is 22.9 Å². The van der Waals surface area contributed by atoms with Crippen molar-refractivity contribution in [3.63, 3.8) is 0 Å². The minimum Gasteiger partial charge on any atom is -0.321 e. The minimum atomic E-state index is -0.256. The molecule has 3 rings (SSSR count). The Kier molecular flexibility index (Phi) is 5.24. The maximum Gasteiger partial charge on any atom is 0.275 e. The molecule has 0 saturated carbocycles. The number of aromatic nitrogens is 1. The molecular weight excluding hydrogens is 335 g/mol. The molecule has 0 unspecified atom stereocenters. The molecule has 0 spiro atoms. The molecular formula is C20H19FN2OS. The molecule has 0 fully saturated rings. The molecule has 25 heavy (non-hydrogen) atoms. The number of halogens is 1. The van der Waals surface area contributed by atoms with Gasteiger partial charge in [-0.05, 0) is 35.2 Å². The van der Waals surface area contributed by atoms with E-state index in [-0.39, 0.29) is 11.7 Å². The smallest absolute Gasteiger partial charge is 0.275 e. The van der Waals surface area contributed by atoms with Gasteiger partial charge in [0.25, 0.3) is 5.91 Å². The van der Waals surface area contributed by atoms with Crippen LogP contribution < -0.4 is 5.32 Å². The molecule has 5 heteroatoms. The van der Waals surface area contributed by atoms with Crippen LogP contribution in [0.15, 0.2) is 53.9 Å². The highest BCUT2D eigenvalue weighted by Gasteiger charge is 2.12. The lowest BCUT2D eigenvalue weighted by atomic mass is 10.0. The summed E-state index contributed by atoms with van der Waals surface area (Å²) < 4.78 is 13.7. The summed E-state index contributed by atoms with van der Waals surface area (Å²) in [6, 6.07) is 14.4. The van der Waals surface area contributed by atoms with Crippen molar-refractivity contribution in [3.8, 4) is 0 Å². The molecule has 3 aromatic rings. The summed E-state index contributed by atoms with van der Waals surface area (Å²) in [6.07, 6.45) is 0.383. The SMILES string of the molecule is CC(C)c1ccc(NC(=O)c2csc(Cc3ccccc3F)n2)cc1. The molecule has 0 aliphatic rings. The number of carbonyl (C=O) groups excluding carboxylic acids is 1. The third-order valence-electron chi connectivity index (χ3n) is 3.92. The van der Waals surface area contributed by atoms with E-state index in [2.05, 4.69) is 24.1 Å². The number of rotatable bonds is 5. The highest BCUT2D eigenvalue weighted by Crippen LogP contribution is 2.20. The summed E-state index contributed by atoms with van der Waals surface area (Å²) in [5.41, 5.74) is 2.88. The van der Waals surface area contributed by atoms with Crippen LogP contribution in [0.5, 0.6) is 0 Å². The Morgan fingerprint density at radius 3 is 2.56 bits per heavy atom. The van der Waals surface area contributed by atoms with Crippen LogP contribution in [-0.2, 0) is 6.42 Å². The molecule has 0 aliphatic heterocycles. The van der Waals surface area contributed by atoms with Gasteiger partial charge < -0.3 is 5.32 Å². The second-order valence-electron chi connectivity index (χ2n) is 6.13. The van der Waals surface area contributed by atoms with Crippen LogP contribution in [-0.4, -0.2) is 10.9 Å². The number of benzene rings is 2. The van der Waals surface area contributed by atoms with Crippen molar-refractivity contribution in [1.29, 1.82) is 0 Å². The molecule has 0 radical (unpaired) electrons. The Labute approximate surface area is 150 Å². The number of amides is 1. The lowest BCUT2D eigenvalue weighted by molar-refractivity contribution is 0.102. The minimum absolute atomic E-state index is 0.256.